The number of hydrogen-bond acceptors (Lipinski definition) is 3. The molecule has 1 atom stereocenters. The van der Waals surface area contributed by atoms with Gasteiger partial charge in [0, 0.05) is 6.04 Å². The van der Waals surface area contributed by atoms with Crippen LogP contribution in [0.2, 0.25) is 0 Å². The molecule has 0 aromatic heterocycles. The van der Waals surface area contributed by atoms with Crippen LogP contribution in [0.4, 0.5) is 13.6 Å². The Balaban J connectivity index is 1.85. The van der Waals surface area contributed by atoms with E-state index in [0.717, 1.165) is 12.8 Å². The summed E-state index contributed by atoms with van der Waals surface area (Å²) in [5.74, 6) is 0.0628. The molecule has 0 spiro atoms. The number of nitrogens with one attached hydrogen (secondary N) is 2. The van der Waals surface area contributed by atoms with Crippen molar-refractivity contribution in [2.45, 2.75) is 57.4 Å². The van der Waals surface area contributed by atoms with E-state index in [-0.39, 0.29) is 30.0 Å². The quantitative estimate of drug-likeness (QED) is 0.778. The SMILES string of the molecule is CC(NC(=O)NC1CCC(O)CC1)c1cccc(OC(F)F)c1. The molecule has 0 saturated heterocycles. The molecule has 0 radical (unpaired) electrons. The van der Waals surface area contributed by atoms with Crippen LogP contribution in [0.1, 0.15) is 44.2 Å². The van der Waals surface area contributed by atoms with Gasteiger partial charge in [0.2, 0.25) is 0 Å². The molecule has 0 bridgehead atoms. The lowest BCUT2D eigenvalue weighted by Gasteiger charge is -2.27. The fourth-order valence-electron chi connectivity index (χ4n) is 2.69. The predicted octanol–water partition coefficient (Wildman–Crippen LogP) is 2.95. The monoisotopic (exact) mass is 328 g/mol. The van der Waals surface area contributed by atoms with Gasteiger partial charge < -0.3 is 20.5 Å². The molecule has 7 heteroatoms. The zero-order valence-corrected chi connectivity index (χ0v) is 13.0. The van der Waals surface area contributed by atoms with Crippen LogP contribution in [0.3, 0.4) is 0 Å². The molecule has 1 unspecified atom stereocenters. The van der Waals surface area contributed by atoms with E-state index < -0.39 is 6.61 Å². The largest absolute Gasteiger partial charge is 0.435 e. The van der Waals surface area contributed by atoms with Crippen LogP contribution in [0.15, 0.2) is 24.3 Å². The zero-order valence-electron chi connectivity index (χ0n) is 13.0. The Morgan fingerprint density at radius 3 is 2.65 bits per heavy atom. The van der Waals surface area contributed by atoms with Gasteiger partial charge in [-0.15, -0.1) is 0 Å². The number of carbonyl (C=O) groups is 1. The van der Waals surface area contributed by atoms with E-state index in [1.165, 1.54) is 12.1 Å². The van der Waals surface area contributed by atoms with E-state index in [4.69, 9.17) is 0 Å². The standard InChI is InChI=1S/C16H22F2N2O3/c1-10(11-3-2-4-14(9-11)23-15(17)18)19-16(22)20-12-5-7-13(21)8-6-12/h2-4,9-10,12-13,15,21H,5-8H2,1H3,(H2,19,20,22). The number of ether oxygens (including phenoxy) is 1. The average Bonchev–Trinajstić information content (AvgIpc) is 2.49. The summed E-state index contributed by atoms with van der Waals surface area (Å²) >= 11 is 0. The van der Waals surface area contributed by atoms with Crippen molar-refractivity contribution >= 4 is 6.03 Å². The highest BCUT2D eigenvalue weighted by atomic mass is 19.3. The third-order valence-corrected chi connectivity index (χ3v) is 3.96. The predicted molar refractivity (Wildman–Crippen MR) is 81.4 cm³/mol. The van der Waals surface area contributed by atoms with Gasteiger partial charge in [-0.25, -0.2) is 4.79 Å². The molecule has 1 aromatic rings. The fourth-order valence-corrected chi connectivity index (χ4v) is 2.69. The van der Waals surface area contributed by atoms with Gasteiger partial charge in [-0.3, -0.25) is 0 Å². The maximum atomic E-state index is 12.2. The number of aliphatic hydroxyl groups excluding tert-OH is 1. The summed E-state index contributed by atoms with van der Waals surface area (Å²) in [5.41, 5.74) is 0.678. The summed E-state index contributed by atoms with van der Waals surface area (Å²) in [4.78, 5) is 12.0. The van der Waals surface area contributed by atoms with E-state index in [9.17, 15) is 18.7 Å². The van der Waals surface area contributed by atoms with Crippen LogP contribution in [-0.4, -0.2) is 29.9 Å². The van der Waals surface area contributed by atoms with E-state index in [1.807, 2.05) is 0 Å². The molecule has 128 valence electrons. The summed E-state index contributed by atoms with van der Waals surface area (Å²) in [7, 11) is 0. The van der Waals surface area contributed by atoms with Crippen LogP contribution < -0.4 is 15.4 Å². The second-order valence-corrected chi connectivity index (χ2v) is 5.80. The maximum Gasteiger partial charge on any atom is 0.387 e. The maximum absolute atomic E-state index is 12.2. The number of rotatable bonds is 5. The second-order valence-electron chi connectivity index (χ2n) is 5.80. The van der Waals surface area contributed by atoms with Gasteiger partial charge in [0.05, 0.1) is 12.1 Å². The highest BCUT2D eigenvalue weighted by Gasteiger charge is 2.21. The average molecular weight is 328 g/mol. The van der Waals surface area contributed by atoms with Gasteiger partial charge in [0.25, 0.3) is 0 Å². The number of amides is 2. The van der Waals surface area contributed by atoms with Gasteiger partial charge >= 0.3 is 12.6 Å². The molecule has 3 N–H and O–H groups in total. The van der Waals surface area contributed by atoms with Crippen molar-refractivity contribution in [3.8, 4) is 5.75 Å². The van der Waals surface area contributed by atoms with E-state index in [0.29, 0.717) is 18.4 Å². The number of aliphatic hydroxyl groups is 1. The topological polar surface area (TPSA) is 70.6 Å². The molecule has 2 rings (SSSR count). The number of carbonyl (C=O) groups excluding carboxylic acids is 1. The Bertz CT molecular complexity index is 520. The van der Waals surface area contributed by atoms with E-state index in [2.05, 4.69) is 15.4 Å². The highest BCUT2D eigenvalue weighted by Crippen LogP contribution is 2.21. The first-order chi connectivity index (χ1) is 10.9. The first kappa shape index (κ1) is 17.5. The Kier molecular flexibility index (Phi) is 6.15. The molecular formula is C16H22F2N2O3. The Morgan fingerprint density at radius 1 is 1.30 bits per heavy atom. The fraction of sp³-hybridized carbons (Fsp3) is 0.562. The van der Waals surface area contributed by atoms with Gasteiger partial charge in [-0.1, -0.05) is 12.1 Å². The molecule has 1 fully saturated rings. The van der Waals surface area contributed by atoms with Crippen molar-refractivity contribution in [3.63, 3.8) is 0 Å². The first-order valence-electron chi connectivity index (χ1n) is 7.74. The minimum atomic E-state index is -2.88. The van der Waals surface area contributed by atoms with Crippen LogP contribution in [0.25, 0.3) is 0 Å². The summed E-state index contributed by atoms with van der Waals surface area (Å²) in [6.45, 7) is -1.11. The van der Waals surface area contributed by atoms with Gasteiger partial charge in [0.15, 0.2) is 0 Å². The number of halogens is 2. The van der Waals surface area contributed by atoms with Gasteiger partial charge in [-0.2, -0.15) is 8.78 Å². The van der Waals surface area contributed by atoms with Crippen LogP contribution in [0, 0.1) is 0 Å². The normalized spacial score (nSPS) is 22.5. The molecule has 0 heterocycles. The zero-order chi connectivity index (χ0) is 16.8. The summed E-state index contributed by atoms with van der Waals surface area (Å²) < 4.78 is 28.8. The van der Waals surface area contributed by atoms with Crippen molar-refractivity contribution in [1.82, 2.24) is 10.6 Å². The van der Waals surface area contributed by atoms with Crippen molar-refractivity contribution < 1.29 is 23.4 Å². The first-order valence-corrected chi connectivity index (χ1v) is 7.74. The number of hydrogen-bond donors (Lipinski definition) is 3. The lowest BCUT2D eigenvalue weighted by Crippen LogP contribution is -2.44. The molecule has 23 heavy (non-hydrogen) atoms. The van der Waals surface area contributed by atoms with Crippen molar-refractivity contribution in [3.05, 3.63) is 29.8 Å². The Labute approximate surface area is 134 Å². The minimum Gasteiger partial charge on any atom is -0.435 e. The van der Waals surface area contributed by atoms with Crippen LogP contribution in [-0.2, 0) is 0 Å². The molecule has 1 aliphatic rings. The van der Waals surface area contributed by atoms with Crippen molar-refractivity contribution in [2.75, 3.05) is 0 Å². The molecule has 2 amide bonds. The summed E-state index contributed by atoms with van der Waals surface area (Å²) in [5, 5.41) is 15.1. The minimum absolute atomic E-state index is 0.0547. The van der Waals surface area contributed by atoms with Crippen LogP contribution in [0.5, 0.6) is 5.75 Å². The highest BCUT2D eigenvalue weighted by molar-refractivity contribution is 5.74. The third kappa shape index (κ3) is 5.67. The summed E-state index contributed by atoms with van der Waals surface area (Å²) in [6, 6.07) is 5.67. The number of benzene rings is 1. The van der Waals surface area contributed by atoms with Gasteiger partial charge in [-0.05, 0) is 50.3 Å². The molecule has 5 nitrogen and oxygen atoms in total. The van der Waals surface area contributed by atoms with E-state index in [1.54, 1.807) is 19.1 Å². The summed E-state index contributed by atoms with van der Waals surface area (Å²) in [6.07, 6.45) is 2.61. The van der Waals surface area contributed by atoms with Crippen molar-refractivity contribution in [2.24, 2.45) is 0 Å². The smallest absolute Gasteiger partial charge is 0.387 e. The second kappa shape index (κ2) is 8.10. The lowest BCUT2D eigenvalue weighted by molar-refractivity contribution is -0.0499. The number of urea groups is 1. The molecule has 1 saturated carbocycles. The third-order valence-electron chi connectivity index (χ3n) is 3.96. The Morgan fingerprint density at radius 2 is 2.00 bits per heavy atom. The number of alkyl halides is 2. The lowest BCUT2D eigenvalue weighted by atomic mass is 9.93. The van der Waals surface area contributed by atoms with Crippen LogP contribution >= 0.6 is 0 Å². The van der Waals surface area contributed by atoms with Crippen molar-refractivity contribution in [1.29, 1.82) is 0 Å². The van der Waals surface area contributed by atoms with E-state index >= 15 is 0 Å². The molecule has 1 aromatic carbocycles. The van der Waals surface area contributed by atoms with Gasteiger partial charge in [0.1, 0.15) is 5.75 Å². The molecular weight excluding hydrogens is 306 g/mol. The Hall–Kier alpha value is -1.89. The molecule has 1 aliphatic carbocycles. The molecule has 0 aliphatic heterocycles.